The summed E-state index contributed by atoms with van der Waals surface area (Å²) in [6.07, 6.45) is 3.05. The Morgan fingerprint density at radius 3 is 2.94 bits per heavy atom. The molecule has 0 fully saturated rings. The Labute approximate surface area is 112 Å². The van der Waals surface area contributed by atoms with Crippen LogP contribution < -0.4 is 5.32 Å². The number of carbonyl (C=O) groups excluding carboxylic acids is 1. The van der Waals surface area contributed by atoms with Gasteiger partial charge in [-0.1, -0.05) is 19.9 Å². The summed E-state index contributed by atoms with van der Waals surface area (Å²) >= 11 is 1.54. The molecule has 1 rings (SSSR count). The van der Waals surface area contributed by atoms with Gasteiger partial charge >= 0.3 is 0 Å². The lowest BCUT2D eigenvalue weighted by molar-refractivity contribution is -0.119. The highest BCUT2D eigenvalue weighted by atomic mass is 32.2. The van der Waals surface area contributed by atoms with Crippen molar-refractivity contribution >= 4 is 17.7 Å². The number of rotatable bonds is 7. The molecular weight excluding hydrogens is 248 g/mol. The maximum Gasteiger partial charge on any atom is 0.230 e. The molecular formula is C13H20N2O2S. The molecule has 0 spiro atoms. The van der Waals surface area contributed by atoms with Crippen LogP contribution >= 0.6 is 11.8 Å². The maximum atomic E-state index is 11.5. The molecule has 1 aromatic heterocycles. The molecule has 0 saturated heterocycles. The Bertz CT molecular complexity index is 357. The second-order valence-electron chi connectivity index (χ2n) is 4.47. The molecule has 5 heteroatoms. The molecule has 0 aliphatic carbocycles. The lowest BCUT2D eigenvalue weighted by atomic mass is 10.1. The van der Waals surface area contributed by atoms with E-state index >= 15 is 0 Å². The fourth-order valence-corrected chi connectivity index (χ4v) is 2.05. The van der Waals surface area contributed by atoms with Crippen LogP contribution in [0.15, 0.2) is 24.5 Å². The summed E-state index contributed by atoms with van der Waals surface area (Å²) in [5, 5.41) is 12.3. The van der Waals surface area contributed by atoms with Crippen molar-refractivity contribution in [2.75, 3.05) is 12.3 Å². The standard InChI is InChI=1S/C13H20N2O2S/c1-10(2)12(16)7-15-13(17)9-18-8-11-4-3-5-14-6-11/h3-6,10,12,16H,7-9H2,1-2H3,(H,15,17). The number of pyridine rings is 1. The van der Waals surface area contributed by atoms with E-state index in [0.29, 0.717) is 12.3 Å². The summed E-state index contributed by atoms with van der Waals surface area (Å²) in [7, 11) is 0. The zero-order valence-corrected chi connectivity index (χ0v) is 11.6. The van der Waals surface area contributed by atoms with Crippen molar-refractivity contribution < 1.29 is 9.90 Å². The lowest BCUT2D eigenvalue weighted by Gasteiger charge is -2.14. The van der Waals surface area contributed by atoms with Crippen LogP contribution in [0.4, 0.5) is 0 Å². The van der Waals surface area contributed by atoms with Crippen LogP contribution in [0, 0.1) is 5.92 Å². The van der Waals surface area contributed by atoms with Gasteiger partial charge in [0.2, 0.25) is 5.91 Å². The highest BCUT2D eigenvalue weighted by Gasteiger charge is 2.10. The van der Waals surface area contributed by atoms with Gasteiger partial charge in [0.25, 0.3) is 0 Å². The molecule has 1 heterocycles. The summed E-state index contributed by atoms with van der Waals surface area (Å²) in [4.78, 5) is 15.5. The second kappa shape index (κ2) is 8.11. The molecule has 0 bridgehead atoms. The highest BCUT2D eigenvalue weighted by Crippen LogP contribution is 2.10. The fourth-order valence-electron chi connectivity index (χ4n) is 1.25. The van der Waals surface area contributed by atoms with Crippen molar-refractivity contribution in [1.82, 2.24) is 10.3 Å². The quantitative estimate of drug-likeness (QED) is 0.785. The smallest absolute Gasteiger partial charge is 0.230 e. The van der Waals surface area contributed by atoms with E-state index in [9.17, 15) is 9.90 Å². The Hall–Kier alpha value is -1.07. The van der Waals surface area contributed by atoms with E-state index in [1.54, 1.807) is 24.2 Å². The third-order valence-corrected chi connectivity index (χ3v) is 3.51. The Morgan fingerprint density at radius 1 is 1.56 bits per heavy atom. The minimum Gasteiger partial charge on any atom is -0.391 e. The Kier molecular flexibility index (Phi) is 6.75. The number of hydrogen-bond donors (Lipinski definition) is 2. The molecule has 0 aromatic carbocycles. The van der Waals surface area contributed by atoms with Crippen molar-refractivity contribution in [1.29, 1.82) is 0 Å². The number of aliphatic hydroxyl groups is 1. The number of aliphatic hydroxyl groups excluding tert-OH is 1. The molecule has 0 aliphatic rings. The van der Waals surface area contributed by atoms with Gasteiger partial charge < -0.3 is 10.4 Å². The molecule has 1 aromatic rings. The van der Waals surface area contributed by atoms with Gasteiger partial charge in [-0.05, 0) is 17.5 Å². The number of nitrogens with zero attached hydrogens (tertiary/aromatic N) is 1. The Balaban J connectivity index is 2.14. The Morgan fingerprint density at radius 2 is 2.33 bits per heavy atom. The van der Waals surface area contributed by atoms with Gasteiger partial charge in [-0.2, -0.15) is 0 Å². The molecule has 1 amide bonds. The third-order valence-electron chi connectivity index (χ3n) is 2.50. The van der Waals surface area contributed by atoms with Crippen molar-refractivity contribution in [3.8, 4) is 0 Å². The van der Waals surface area contributed by atoms with E-state index in [0.717, 1.165) is 11.3 Å². The molecule has 1 unspecified atom stereocenters. The predicted molar refractivity (Wildman–Crippen MR) is 74.3 cm³/mol. The van der Waals surface area contributed by atoms with E-state index in [1.807, 2.05) is 26.0 Å². The minimum atomic E-state index is -0.475. The first-order valence-electron chi connectivity index (χ1n) is 6.01. The minimum absolute atomic E-state index is 0.0383. The SMILES string of the molecule is CC(C)C(O)CNC(=O)CSCc1cccnc1. The van der Waals surface area contributed by atoms with Crippen LogP contribution in [0.25, 0.3) is 0 Å². The van der Waals surface area contributed by atoms with E-state index in [-0.39, 0.29) is 11.8 Å². The van der Waals surface area contributed by atoms with E-state index in [4.69, 9.17) is 0 Å². The first-order valence-corrected chi connectivity index (χ1v) is 7.16. The predicted octanol–water partition coefficient (Wildman–Crippen LogP) is 1.45. The van der Waals surface area contributed by atoms with Gasteiger partial charge in [-0.25, -0.2) is 0 Å². The van der Waals surface area contributed by atoms with E-state index in [1.165, 1.54) is 0 Å². The van der Waals surface area contributed by atoms with Crippen molar-refractivity contribution in [2.24, 2.45) is 5.92 Å². The third kappa shape index (κ3) is 6.02. The van der Waals surface area contributed by atoms with Crippen molar-refractivity contribution in [3.63, 3.8) is 0 Å². The molecule has 0 radical (unpaired) electrons. The molecule has 1 atom stereocenters. The molecule has 4 nitrogen and oxygen atoms in total. The first kappa shape index (κ1) is 15.0. The number of thioether (sulfide) groups is 1. The largest absolute Gasteiger partial charge is 0.391 e. The van der Waals surface area contributed by atoms with Crippen LogP contribution in [0.2, 0.25) is 0 Å². The fraction of sp³-hybridized carbons (Fsp3) is 0.538. The number of carbonyl (C=O) groups is 1. The molecule has 2 N–H and O–H groups in total. The lowest BCUT2D eigenvalue weighted by Crippen LogP contribution is -2.35. The first-order chi connectivity index (χ1) is 8.59. The number of hydrogen-bond acceptors (Lipinski definition) is 4. The maximum absolute atomic E-state index is 11.5. The summed E-state index contributed by atoms with van der Waals surface area (Å²) in [5.41, 5.74) is 1.11. The van der Waals surface area contributed by atoms with Crippen molar-refractivity contribution in [2.45, 2.75) is 25.7 Å². The molecule has 100 valence electrons. The van der Waals surface area contributed by atoms with Crippen LogP contribution in [0.1, 0.15) is 19.4 Å². The molecule has 0 saturated carbocycles. The van der Waals surface area contributed by atoms with Gasteiger partial charge in [0.1, 0.15) is 0 Å². The number of amides is 1. The topological polar surface area (TPSA) is 62.2 Å². The van der Waals surface area contributed by atoms with Gasteiger partial charge in [0.15, 0.2) is 0 Å². The van der Waals surface area contributed by atoms with Crippen LogP contribution in [-0.2, 0) is 10.5 Å². The molecule has 0 aliphatic heterocycles. The summed E-state index contributed by atoms with van der Waals surface area (Å²) in [5.74, 6) is 1.30. The monoisotopic (exact) mass is 268 g/mol. The zero-order valence-electron chi connectivity index (χ0n) is 10.8. The van der Waals surface area contributed by atoms with Gasteiger partial charge in [0, 0.05) is 24.7 Å². The summed E-state index contributed by atoms with van der Waals surface area (Å²) < 4.78 is 0. The van der Waals surface area contributed by atoms with E-state index in [2.05, 4.69) is 10.3 Å². The van der Waals surface area contributed by atoms with Gasteiger partial charge in [0.05, 0.1) is 11.9 Å². The van der Waals surface area contributed by atoms with Crippen LogP contribution in [-0.4, -0.2) is 34.4 Å². The second-order valence-corrected chi connectivity index (χ2v) is 5.46. The van der Waals surface area contributed by atoms with Crippen LogP contribution in [0.3, 0.4) is 0 Å². The normalized spacial score (nSPS) is 12.4. The summed E-state index contributed by atoms with van der Waals surface area (Å²) in [6, 6.07) is 3.87. The average Bonchev–Trinajstić information content (AvgIpc) is 2.37. The number of aromatic nitrogens is 1. The summed E-state index contributed by atoms with van der Waals surface area (Å²) in [6.45, 7) is 4.17. The molecule has 18 heavy (non-hydrogen) atoms. The zero-order chi connectivity index (χ0) is 13.4. The van der Waals surface area contributed by atoms with E-state index < -0.39 is 6.10 Å². The van der Waals surface area contributed by atoms with Crippen molar-refractivity contribution in [3.05, 3.63) is 30.1 Å². The van der Waals surface area contributed by atoms with Crippen LogP contribution in [0.5, 0.6) is 0 Å². The highest BCUT2D eigenvalue weighted by molar-refractivity contribution is 7.99. The number of nitrogens with one attached hydrogen (secondary N) is 1. The average molecular weight is 268 g/mol. The van der Waals surface area contributed by atoms with Gasteiger partial charge in [-0.15, -0.1) is 11.8 Å². The van der Waals surface area contributed by atoms with Gasteiger partial charge in [-0.3, -0.25) is 9.78 Å².